The molecular formula is C24H31BrN2O4. The predicted molar refractivity (Wildman–Crippen MR) is 126 cm³/mol. The lowest BCUT2D eigenvalue weighted by Gasteiger charge is -2.16. The standard InChI is InChI=1S/C24H31BrN2O4/c1-14(2)18-8-7-16(5)9-21(18)30-12-23(28)26-27-24(29)13-31-22-10-17(6)20(25)11-19(22)15(3)4/h7-11,14-15H,12-13H2,1-6H3,(H,26,28)(H,27,29). The molecule has 0 aliphatic rings. The highest BCUT2D eigenvalue weighted by Gasteiger charge is 2.14. The maximum absolute atomic E-state index is 12.1. The summed E-state index contributed by atoms with van der Waals surface area (Å²) in [5.41, 5.74) is 8.82. The molecule has 168 valence electrons. The molecule has 0 aliphatic carbocycles. The van der Waals surface area contributed by atoms with E-state index in [0.29, 0.717) is 11.5 Å². The van der Waals surface area contributed by atoms with Crippen LogP contribution in [0.5, 0.6) is 11.5 Å². The monoisotopic (exact) mass is 490 g/mol. The van der Waals surface area contributed by atoms with Crippen LogP contribution in [0.15, 0.2) is 34.8 Å². The molecule has 0 unspecified atom stereocenters. The number of ether oxygens (including phenoxy) is 2. The van der Waals surface area contributed by atoms with Gasteiger partial charge in [0.2, 0.25) is 0 Å². The summed E-state index contributed by atoms with van der Waals surface area (Å²) in [7, 11) is 0. The van der Waals surface area contributed by atoms with Crippen LogP contribution in [0.4, 0.5) is 0 Å². The molecule has 2 aromatic rings. The molecule has 2 rings (SSSR count). The van der Waals surface area contributed by atoms with Gasteiger partial charge < -0.3 is 9.47 Å². The third kappa shape index (κ3) is 7.28. The van der Waals surface area contributed by atoms with Crippen LogP contribution < -0.4 is 20.3 Å². The van der Waals surface area contributed by atoms with E-state index in [1.54, 1.807) is 0 Å². The van der Waals surface area contributed by atoms with Crippen LogP contribution in [0, 0.1) is 13.8 Å². The van der Waals surface area contributed by atoms with E-state index in [2.05, 4.69) is 54.5 Å². The van der Waals surface area contributed by atoms with Crippen LogP contribution in [-0.4, -0.2) is 25.0 Å². The van der Waals surface area contributed by atoms with E-state index in [4.69, 9.17) is 9.47 Å². The van der Waals surface area contributed by atoms with Gasteiger partial charge in [-0.2, -0.15) is 0 Å². The zero-order valence-electron chi connectivity index (χ0n) is 19.0. The van der Waals surface area contributed by atoms with Gasteiger partial charge >= 0.3 is 0 Å². The Morgan fingerprint density at radius 2 is 1.35 bits per heavy atom. The van der Waals surface area contributed by atoms with Gasteiger partial charge in [-0.25, -0.2) is 0 Å². The van der Waals surface area contributed by atoms with Gasteiger partial charge in [-0.15, -0.1) is 0 Å². The minimum atomic E-state index is -0.456. The largest absolute Gasteiger partial charge is 0.483 e. The van der Waals surface area contributed by atoms with E-state index in [0.717, 1.165) is 26.7 Å². The average molecular weight is 491 g/mol. The second-order valence-electron chi connectivity index (χ2n) is 8.16. The Hall–Kier alpha value is -2.54. The van der Waals surface area contributed by atoms with Crippen molar-refractivity contribution in [2.45, 2.75) is 53.4 Å². The van der Waals surface area contributed by atoms with Crippen LogP contribution >= 0.6 is 15.9 Å². The number of amides is 2. The van der Waals surface area contributed by atoms with Gasteiger partial charge in [0.25, 0.3) is 11.8 Å². The lowest BCUT2D eigenvalue weighted by Crippen LogP contribution is -2.45. The first-order valence-corrected chi connectivity index (χ1v) is 11.1. The van der Waals surface area contributed by atoms with Gasteiger partial charge in [-0.05, 0) is 66.1 Å². The molecule has 0 heterocycles. The third-order valence-electron chi connectivity index (χ3n) is 4.76. The topological polar surface area (TPSA) is 76.7 Å². The molecule has 0 saturated heterocycles. The highest BCUT2D eigenvalue weighted by molar-refractivity contribution is 9.10. The number of halogens is 1. The van der Waals surface area contributed by atoms with Crippen molar-refractivity contribution >= 4 is 27.7 Å². The fraction of sp³-hybridized carbons (Fsp3) is 0.417. The Labute approximate surface area is 192 Å². The molecule has 31 heavy (non-hydrogen) atoms. The average Bonchev–Trinajstić information content (AvgIpc) is 2.70. The van der Waals surface area contributed by atoms with E-state index in [-0.39, 0.29) is 25.0 Å². The molecule has 0 bridgehead atoms. The van der Waals surface area contributed by atoms with Crippen molar-refractivity contribution in [1.29, 1.82) is 0 Å². The summed E-state index contributed by atoms with van der Waals surface area (Å²) in [5.74, 6) is 0.930. The van der Waals surface area contributed by atoms with Crippen molar-refractivity contribution in [3.8, 4) is 11.5 Å². The number of carbonyl (C=O) groups is 2. The van der Waals surface area contributed by atoms with Crippen LogP contribution in [0.3, 0.4) is 0 Å². The van der Waals surface area contributed by atoms with Crippen molar-refractivity contribution in [1.82, 2.24) is 10.9 Å². The van der Waals surface area contributed by atoms with Crippen LogP contribution in [0.1, 0.15) is 61.8 Å². The summed E-state index contributed by atoms with van der Waals surface area (Å²) in [6.07, 6.45) is 0. The summed E-state index contributed by atoms with van der Waals surface area (Å²) < 4.78 is 12.4. The molecule has 2 N–H and O–H groups in total. The van der Waals surface area contributed by atoms with E-state index in [9.17, 15) is 9.59 Å². The minimum absolute atomic E-state index is 0.201. The van der Waals surface area contributed by atoms with Crippen molar-refractivity contribution < 1.29 is 19.1 Å². The molecule has 0 spiro atoms. The van der Waals surface area contributed by atoms with Gasteiger partial charge in [0.1, 0.15) is 11.5 Å². The summed E-state index contributed by atoms with van der Waals surface area (Å²) in [6.45, 7) is 11.8. The predicted octanol–water partition coefficient (Wildman–Crippen LogP) is 4.92. The maximum Gasteiger partial charge on any atom is 0.276 e. The highest BCUT2D eigenvalue weighted by atomic mass is 79.9. The quantitative estimate of drug-likeness (QED) is 0.514. The summed E-state index contributed by atoms with van der Waals surface area (Å²) in [4.78, 5) is 24.2. The Morgan fingerprint density at radius 1 is 0.839 bits per heavy atom. The summed E-state index contributed by atoms with van der Waals surface area (Å²) >= 11 is 3.52. The number of carbonyl (C=O) groups excluding carboxylic acids is 2. The van der Waals surface area contributed by atoms with E-state index < -0.39 is 11.8 Å². The molecule has 2 aromatic carbocycles. The number of benzene rings is 2. The smallest absolute Gasteiger partial charge is 0.276 e. The van der Waals surface area contributed by atoms with Crippen molar-refractivity contribution in [2.75, 3.05) is 13.2 Å². The summed E-state index contributed by atoms with van der Waals surface area (Å²) in [6, 6.07) is 9.82. The number of hydrogen-bond donors (Lipinski definition) is 2. The van der Waals surface area contributed by atoms with E-state index in [1.807, 2.05) is 44.2 Å². The van der Waals surface area contributed by atoms with Crippen molar-refractivity contribution in [3.63, 3.8) is 0 Å². The number of hydrazine groups is 1. The molecule has 0 fully saturated rings. The molecule has 7 heteroatoms. The Bertz CT molecular complexity index is 941. The second-order valence-corrected chi connectivity index (χ2v) is 9.02. The van der Waals surface area contributed by atoms with Gasteiger partial charge in [0.15, 0.2) is 13.2 Å². The van der Waals surface area contributed by atoms with Crippen LogP contribution in [0.2, 0.25) is 0 Å². The Kier molecular flexibility index (Phi) is 8.92. The van der Waals surface area contributed by atoms with Crippen molar-refractivity contribution in [2.24, 2.45) is 0 Å². The summed E-state index contributed by atoms with van der Waals surface area (Å²) in [5, 5.41) is 0. The Balaban J connectivity index is 1.85. The molecule has 2 amide bonds. The highest BCUT2D eigenvalue weighted by Crippen LogP contribution is 2.32. The van der Waals surface area contributed by atoms with Crippen molar-refractivity contribution in [3.05, 3.63) is 57.1 Å². The molecule has 0 atom stereocenters. The molecule has 0 aliphatic heterocycles. The van der Waals surface area contributed by atoms with Gasteiger partial charge in [0, 0.05) is 4.47 Å². The van der Waals surface area contributed by atoms with Crippen LogP contribution in [-0.2, 0) is 9.59 Å². The third-order valence-corrected chi connectivity index (χ3v) is 5.62. The zero-order chi connectivity index (χ0) is 23.1. The molecule has 0 saturated carbocycles. The lowest BCUT2D eigenvalue weighted by molar-refractivity contribution is -0.131. The first-order chi connectivity index (χ1) is 14.6. The van der Waals surface area contributed by atoms with Gasteiger partial charge in [-0.3, -0.25) is 20.4 Å². The van der Waals surface area contributed by atoms with Gasteiger partial charge in [-0.1, -0.05) is 55.8 Å². The number of nitrogens with one attached hydrogen (secondary N) is 2. The fourth-order valence-electron chi connectivity index (χ4n) is 2.99. The minimum Gasteiger partial charge on any atom is -0.483 e. The maximum atomic E-state index is 12.1. The van der Waals surface area contributed by atoms with Crippen LogP contribution in [0.25, 0.3) is 0 Å². The molecule has 0 radical (unpaired) electrons. The first-order valence-electron chi connectivity index (χ1n) is 10.3. The molecule has 0 aromatic heterocycles. The molecule has 6 nitrogen and oxygen atoms in total. The fourth-order valence-corrected chi connectivity index (χ4v) is 3.35. The second kappa shape index (κ2) is 11.2. The number of rotatable bonds is 8. The van der Waals surface area contributed by atoms with Gasteiger partial charge in [0.05, 0.1) is 0 Å². The normalized spacial score (nSPS) is 10.9. The lowest BCUT2D eigenvalue weighted by atomic mass is 10.0. The number of aryl methyl sites for hydroxylation is 2. The Morgan fingerprint density at radius 3 is 1.87 bits per heavy atom. The molecular weight excluding hydrogens is 460 g/mol. The van der Waals surface area contributed by atoms with E-state index in [1.165, 1.54) is 0 Å². The number of hydrogen-bond acceptors (Lipinski definition) is 4. The SMILES string of the molecule is Cc1ccc(C(C)C)c(OCC(=O)NNC(=O)COc2cc(C)c(Br)cc2C(C)C)c1. The van der Waals surface area contributed by atoms with E-state index >= 15 is 0 Å². The first kappa shape index (κ1) is 24.7. The zero-order valence-corrected chi connectivity index (χ0v) is 20.6.